The van der Waals surface area contributed by atoms with Crippen molar-refractivity contribution in [3.63, 3.8) is 0 Å². The molecule has 0 unspecified atom stereocenters. The zero-order valence-electron chi connectivity index (χ0n) is 15.8. The summed E-state index contributed by atoms with van der Waals surface area (Å²) in [6.45, 7) is 3.31. The molecule has 1 aromatic carbocycles. The van der Waals surface area contributed by atoms with Gasteiger partial charge in [-0.25, -0.2) is 4.79 Å². The predicted octanol–water partition coefficient (Wildman–Crippen LogP) is 3.11. The van der Waals surface area contributed by atoms with Crippen molar-refractivity contribution >= 4 is 5.97 Å². The molecule has 5 nitrogen and oxygen atoms in total. The summed E-state index contributed by atoms with van der Waals surface area (Å²) in [5.74, 6) is 1.16. The molecule has 1 heterocycles. The maximum absolute atomic E-state index is 10.6. The van der Waals surface area contributed by atoms with Crippen LogP contribution in [0, 0.1) is 5.92 Å². The Hall–Kier alpha value is -1.59. The van der Waals surface area contributed by atoms with Crippen LogP contribution in [0.3, 0.4) is 0 Å². The van der Waals surface area contributed by atoms with Gasteiger partial charge in [0.05, 0.1) is 0 Å². The minimum Gasteiger partial charge on any atom is -0.482 e. The third-order valence-corrected chi connectivity index (χ3v) is 6.04. The largest absolute Gasteiger partial charge is 0.482 e. The molecular weight excluding hydrogens is 328 g/mol. The van der Waals surface area contributed by atoms with E-state index in [1.807, 2.05) is 12.1 Å². The number of aliphatic carboxylic acids is 1. The summed E-state index contributed by atoms with van der Waals surface area (Å²) in [4.78, 5) is 13.2. The van der Waals surface area contributed by atoms with Crippen LogP contribution in [0.15, 0.2) is 24.3 Å². The first kappa shape index (κ1) is 19.2. The standard InChI is InChI=1S/C21H32N2O3/c1-23(14-16-10-12-22-13-11-16)19-6-2-17(3-7-19)18-4-8-20(9-5-18)26-15-21(24)25/h4-5,8-9,16-17,19,22H,2-3,6-7,10-15H2,1H3,(H,24,25). The summed E-state index contributed by atoms with van der Waals surface area (Å²) in [5.41, 5.74) is 1.35. The number of nitrogens with one attached hydrogen (secondary N) is 1. The van der Waals surface area contributed by atoms with Crippen LogP contribution in [0.2, 0.25) is 0 Å². The second-order valence-electron chi connectivity index (χ2n) is 7.89. The minimum absolute atomic E-state index is 0.284. The monoisotopic (exact) mass is 360 g/mol. The van der Waals surface area contributed by atoms with Crippen LogP contribution in [0.25, 0.3) is 0 Å². The fraction of sp³-hybridized carbons (Fsp3) is 0.667. The number of hydrogen-bond donors (Lipinski definition) is 2. The number of carbonyl (C=O) groups is 1. The van der Waals surface area contributed by atoms with Gasteiger partial charge in [0.15, 0.2) is 6.61 Å². The zero-order valence-corrected chi connectivity index (χ0v) is 15.8. The van der Waals surface area contributed by atoms with Crippen LogP contribution in [-0.2, 0) is 4.79 Å². The molecule has 0 bridgehead atoms. The van der Waals surface area contributed by atoms with E-state index in [-0.39, 0.29) is 6.61 Å². The molecule has 0 amide bonds. The number of benzene rings is 1. The fourth-order valence-electron chi connectivity index (χ4n) is 4.45. The second kappa shape index (κ2) is 9.38. The molecule has 1 aliphatic heterocycles. The van der Waals surface area contributed by atoms with Crippen molar-refractivity contribution in [2.75, 3.05) is 33.3 Å². The number of nitrogens with zero attached hydrogens (tertiary/aromatic N) is 1. The van der Waals surface area contributed by atoms with E-state index in [0.717, 1.165) is 12.0 Å². The first-order valence-electron chi connectivity index (χ1n) is 9.97. The lowest BCUT2D eigenvalue weighted by atomic mass is 9.81. The van der Waals surface area contributed by atoms with Crippen LogP contribution in [0.5, 0.6) is 5.75 Å². The predicted molar refractivity (Wildman–Crippen MR) is 103 cm³/mol. The first-order valence-corrected chi connectivity index (χ1v) is 9.97. The Morgan fingerprint density at radius 3 is 2.38 bits per heavy atom. The minimum atomic E-state index is -0.944. The number of hydrogen-bond acceptors (Lipinski definition) is 4. The second-order valence-corrected chi connectivity index (χ2v) is 7.89. The van der Waals surface area contributed by atoms with Crippen molar-refractivity contribution in [2.24, 2.45) is 5.92 Å². The van der Waals surface area contributed by atoms with E-state index in [1.165, 1.54) is 63.7 Å². The Morgan fingerprint density at radius 1 is 1.12 bits per heavy atom. The molecule has 2 fully saturated rings. The topological polar surface area (TPSA) is 61.8 Å². The molecule has 0 atom stereocenters. The van der Waals surface area contributed by atoms with E-state index in [4.69, 9.17) is 9.84 Å². The van der Waals surface area contributed by atoms with Gasteiger partial charge >= 0.3 is 5.97 Å². The highest BCUT2D eigenvalue weighted by atomic mass is 16.5. The highest BCUT2D eigenvalue weighted by Crippen LogP contribution is 2.35. The molecule has 144 valence electrons. The molecule has 0 aromatic heterocycles. The van der Waals surface area contributed by atoms with E-state index < -0.39 is 5.97 Å². The molecule has 1 saturated heterocycles. The van der Waals surface area contributed by atoms with E-state index in [9.17, 15) is 4.79 Å². The molecule has 3 rings (SSSR count). The lowest BCUT2D eigenvalue weighted by Gasteiger charge is -2.37. The fourth-order valence-corrected chi connectivity index (χ4v) is 4.45. The van der Waals surface area contributed by atoms with Gasteiger partial charge in [-0.05, 0) is 88.2 Å². The van der Waals surface area contributed by atoms with Crippen molar-refractivity contribution in [3.8, 4) is 5.75 Å². The van der Waals surface area contributed by atoms with E-state index >= 15 is 0 Å². The van der Waals surface area contributed by atoms with Crippen LogP contribution in [0.1, 0.15) is 50.0 Å². The Bertz CT molecular complexity index is 561. The summed E-state index contributed by atoms with van der Waals surface area (Å²) < 4.78 is 5.22. The van der Waals surface area contributed by atoms with Gasteiger partial charge in [-0.2, -0.15) is 0 Å². The smallest absolute Gasteiger partial charge is 0.341 e. The first-order chi connectivity index (χ1) is 12.6. The van der Waals surface area contributed by atoms with Gasteiger partial charge in [-0.15, -0.1) is 0 Å². The number of rotatable bonds is 7. The third kappa shape index (κ3) is 5.45. The Balaban J connectivity index is 1.44. The van der Waals surface area contributed by atoms with Crippen LogP contribution in [-0.4, -0.2) is 55.3 Å². The Kier molecular flexibility index (Phi) is 6.92. The Labute approximate surface area is 156 Å². The molecule has 26 heavy (non-hydrogen) atoms. The SMILES string of the molecule is CN(CC1CCNCC1)C1CCC(c2ccc(OCC(=O)O)cc2)CC1. The maximum Gasteiger partial charge on any atom is 0.341 e. The highest BCUT2D eigenvalue weighted by molar-refractivity contribution is 5.68. The molecular formula is C21H32N2O3. The van der Waals surface area contributed by atoms with Crippen molar-refractivity contribution in [3.05, 3.63) is 29.8 Å². The average Bonchev–Trinajstić information content (AvgIpc) is 2.68. The lowest BCUT2D eigenvalue weighted by molar-refractivity contribution is -0.139. The van der Waals surface area contributed by atoms with E-state index in [1.54, 1.807) is 0 Å². The molecule has 2 aliphatic rings. The molecule has 1 saturated carbocycles. The molecule has 1 aliphatic carbocycles. The summed E-state index contributed by atoms with van der Waals surface area (Å²) in [6.07, 6.45) is 7.63. The van der Waals surface area contributed by atoms with Gasteiger partial charge in [0.1, 0.15) is 5.75 Å². The summed E-state index contributed by atoms with van der Waals surface area (Å²) in [6, 6.07) is 8.71. The number of ether oxygens (including phenoxy) is 1. The quantitative estimate of drug-likeness (QED) is 0.782. The summed E-state index contributed by atoms with van der Waals surface area (Å²) in [7, 11) is 2.31. The van der Waals surface area contributed by atoms with E-state index in [0.29, 0.717) is 11.7 Å². The van der Waals surface area contributed by atoms with E-state index in [2.05, 4.69) is 29.4 Å². The lowest BCUT2D eigenvalue weighted by Crippen LogP contribution is -2.40. The van der Waals surface area contributed by atoms with Gasteiger partial charge in [-0.3, -0.25) is 0 Å². The average molecular weight is 360 g/mol. The maximum atomic E-state index is 10.6. The van der Waals surface area contributed by atoms with Crippen LogP contribution < -0.4 is 10.1 Å². The van der Waals surface area contributed by atoms with Gasteiger partial charge < -0.3 is 20.1 Å². The summed E-state index contributed by atoms with van der Waals surface area (Å²) >= 11 is 0. The van der Waals surface area contributed by atoms with Gasteiger partial charge in [-0.1, -0.05) is 12.1 Å². The number of carboxylic acid groups (broad SMARTS) is 1. The highest BCUT2D eigenvalue weighted by Gasteiger charge is 2.26. The van der Waals surface area contributed by atoms with Gasteiger partial charge in [0, 0.05) is 12.6 Å². The van der Waals surface area contributed by atoms with Crippen molar-refractivity contribution in [2.45, 2.75) is 50.5 Å². The molecule has 0 radical (unpaired) electrons. The molecule has 1 aromatic rings. The third-order valence-electron chi connectivity index (χ3n) is 6.04. The van der Waals surface area contributed by atoms with Crippen molar-refractivity contribution in [1.29, 1.82) is 0 Å². The normalized spacial score (nSPS) is 24.5. The van der Waals surface area contributed by atoms with Crippen molar-refractivity contribution < 1.29 is 14.6 Å². The number of piperidine rings is 1. The van der Waals surface area contributed by atoms with Gasteiger partial charge in [0.25, 0.3) is 0 Å². The van der Waals surface area contributed by atoms with Crippen molar-refractivity contribution in [1.82, 2.24) is 10.2 Å². The molecule has 2 N–H and O–H groups in total. The van der Waals surface area contributed by atoms with Crippen LogP contribution >= 0.6 is 0 Å². The van der Waals surface area contributed by atoms with Gasteiger partial charge in [0.2, 0.25) is 0 Å². The summed E-state index contributed by atoms with van der Waals surface area (Å²) in [5, 5.41) is 12.1. The Morgan fingerprint density at radius 2 is 1.77 bits per heavy atom. The van der Waals surface area contributed by atoms with Crippen LogP contribution in [0.4, 0.5) is 0 Å². The molecule has 5 heteroatoms. The number of carboxylic acids is 1. The zero-order chi connectivity index (χ0) is 18.4. The molecule has 0 spiro atoms.